The highest BCUT2D eigenvalue weighted by atomic mass is 16.6. The molecule has 6 nitrogen and oxygen atoms in total. The van der Waals surface area contributed by atoms with Crippen LogP contribution in [-0.2, 0) is 28.6 Å². The lowest BCUT2D eigenvalue weighted by Gasteiger charge is -2.18. The van der Waals surface area contributed by atoms with Crippen molar-refractivity contribution in [3.05, 3.63) is 85.1 Å². The van der Waals surface area contributed by atoms with Crippen LogP contribution in [0.5, 0.6) is 0 Å². The molecule has 0 aromatic carbocycles. The SMILES string of the molecule is CC/C=C\C/C=C\C/C=C\C/C=C\CCCCCCCCCCCCC(=O)OCC(COC(=O)CCCCCCCC)OC(=O)CCCCC/C=C\C/C=C\C/C=C\CC. The molecule has 0 spiro atoms. The van der Waals surface area contributed by atoms with Gasteiger partial charge in [-0.1, -0.05) is 196 Å². The van der Waals surface area contributed by atoms with Gasteiger partial charge in [0.05, 0.1) is 0 Å². The number of unbranched alkanes of at least 4 members (excludes halogenated alkanes) is 18. The van der Waals surface area contributed by atoms with Crippen LogP contribution >= 0.6 is 0 Å². The van der Waals surface area contributed by atoms with E-state index in [2.05, 4.69) is 106 Å². The second kappa shape index (κ2) is 48.3. The molecule has 0 fully saturated rings. The van der Waals surface area contributed by atoms with Crippen molar-refractivity contribution in [1.29, 1.82) is 0 Å². The molecular formula is C54H90O6. The van der Waals surface area contributed by atoms with Crippen molar-refractivity contribution >= 4 is 17.9 Å². The van der Waals surface area contributed by atoms with Crippen LogP contribution in [0.4, 0.5) is 0 Å². The number of rotatable bonds is 43. The van der Waals surface area contributed by atoms with E-state index in [1.807, 2.05) is 0 Å². The standard InChI is InChI=1S/C54H90O6/c1-4-7-10-13-16-18-20-22-23-24-25-26-27-28-29-30-31-33-34-36-38-41-44-47-53(56)59-50-51(49-58-52(55)46-43-40-15-12-9-6-3)60-54(57)48-45-42-39-37-35-32-21-19-17-14-11-8-5-2/h7-8,10-11,16-19,22-23,25-26,32,35,51H,4-6,9,12-15,20-21,24,27-31,33-34,36-50H2,1-3H3/b10-7-,11-8-,18-16-,19-17-,23-22-,26-25-,35-32-. The third-order valence-corrected chi connectivity index (χ3v) is 10.1. The van der Waals surface area contributed by atoms with Gasteiger partial charge in [-0.3, -0.25) is 14.4 Å². The molecule has 0 aliphatic rings. The molecule has 0 N–H and O–H groups in total. The van der Waals surface area contributed by atoms with E-state index in [1.54, 1.807) is 0 Å². The normalized spacial score (nSPS) is 12.8. The molecule has 0 bridgehead atoms. The van der Waals surface area contributed by atoms with Crippen molar-refractivity contribution in [2.45, 2.75) is 226 Å². The maximum atomic E-state index is 12.7. The van der Waals surface area contributed by atoms with E-state index in [0.29, 0.717) is 19.3 Å². The molecule has 0 amide bonds. The fourth-order valence-electron chi connectivity index (χ4n) is 6.50. The summed E-state index contributed by atoms with van der Waals surface area (Å²) in [6.45, 7) is 6.31. The minimum atomic E-state index is -0.789. The summed E-state index contributed by atoms with van der Waals surface area (Å²) in [6, 6.07) is 0. The monoisotopic (exact) mass is 835 g/mol. The van der Waals surface area contributed by atoms with Crippen LogP contribution in [0.2, 0.25) is 0 Å². The van der Waals surface area contributed by atoms with Crippen LogP contribution in [0.3, 0.4) is 0 Å². The first kappa shape index (κ1) is 56.6. The topological polar surface area (TPSA) is 78.9 Å². The van der Waals surface area contributed by atoms with Crippen molar-refractivity contribution in [2.75, 3.05) is 13.2 Å². The van der Waals surface area contributed by atoms with Gasteiger partial charge in [0.2, 0.25) is 0 Å². The molecule has 60 heavy (non-hydrogen) atoms. The van der Waals surface area contributed by atoms with Gasteiger partial charge < -0.3 is 14.2 Å². The van der Waals surface area contributed by atoms with Crippen LogP contribution in [0.1, 0.15) is 220 Å². The Hall–Kier alpha value is -3.41. The fourth-order valence-corrected chi connectivity index (χ4v) is 6.50. The summed E-state index contributed by atoms with van der Waals surface area (Å²) >= 11 is 0. The molecule has 6 heteroatoms. The molecule has 0 aromatic heterocycles. The van der Waals surface area contributed by atoms with Crippen molar-refractivity contribution in [3.63, 3.8) is 0 Å². The van der Waals surface area contributed by atoms with Crippen molar-refractivity contribution in [1.82, 2.24) is 0 Å². The lowest BCUT2D eigenvalue weighted by atomic mass is 10.1. The average molecular weight is 835 g/mol. The smallest absolute Gasteiger partial charge is 0.306 e. The third kappa shape index (κ3) is 45.7. The van der Waals surface area contributed by atoms with Gasteiger partial charge in [-0.05, 0) is 89.9 Å². The maximum Gasteiger partial charge on any atom is 0.306 e. The number of carbonyl (C=O) groups excluding carboxylic acids is 3. The second-order valence-electron chi connectivity index (χ2n) is 16.0. The molecule has 0 rings (SSSR count). The van der Waals surface area contributed by atoms with Gasteiger partial charge >= 0.3 is 17.9 Å². The van der Waals surface area contributed by atoms with Gasteiger partial charge in [-0.15, -0.1) is 0 Å². The molecule has 0 saturated carbocycles. The Balaban J connectivity index is 4.20. The van der Waals surface area contributed by atoms with Gasteiger partial charge in [0.15, 0.2) is 6.10 Å². The minimum absolute atomic E-state index is 0.0902. The van der Waals surface area contributed by atoms with E-state index in [9.17, 15) is 14.4 Å². The highest BCUT2D eigenvalue weighted by Gasteiger charge is 2.19. The van der Waals surface area contributed by atoms with Gasteiger partial charge in [0, 0.05) is 19.3 Å². The molecule has 342 valence electrons. The average Bonchev–Trinajstić information content (AvgIpc) is 3.24. The third-order valence-electron chi connectivity index (χ3n) is 10.1. The van der Waals surface area contributed by atoms with Gasteiger partial charge in [0.25, 0.3) is 0 Å². The Kier molecular flexibility index (Phi) is 45.5. The molecule has 1 atom stereocenters. The van der Waals surface area contributed by atoms with E-state index in [0.717, 1.165) is 109 Å². The van der Waals surface area contributed by atoms with E-state index in [-0.39, 0.29) is 31.1 Å². The second-order valence-corrected chi connectivity index (χ2v) is 16.0. The lowest BCUT2D eigenvalue weighted by molar-refractivity contribution is -0.167. The highest BCUT2D eigenvalue weighted by molar-refractivity contribution is 5.71. The maximum absolute atomic E-state index is 12.7. The zero-order chi connectivity index (χ0) is 43.7. The van der Waals surface area contributed by atoms with Gasteiger partial charge in [-0.25, -0.2) is 0 Å². The Morgan fingerprint density at radius 2 is 0.650 bits per heavy atom. The van der Waals surface area contributed by atoms with E-state index in [4.69, 9.17) is 14.2 Å². The van der Waals surface area contributed by atoms with Gasteiger partial charge in [0.1, 0.15) is 13.2 Å². The Bertz CT molecular complexity index is 1190. The molecule has 0 heterocycles. The van der Waals surface area contributed by atoms with Gasteiger partial charge in [-0.2, -0.15) is 0 Å². The van der Waals surface area contributed by atoms with Crippen LogP contribution in [-0.4, -0.2) is 37.2 Å². The predicted octanol–water partition coefficient (Wildman–Crippen LogP) is 16.0. The van der Waals surface area contributed by atoms with E-state index >= 15 is 0 Å². The molecule has 1 unspecified atom stereocenters. The largest absolute Gasteiger partial charge is 0.462 e. The zero-order valence-corrected chi connectivity index (χ0v) is 38.9. The number of hydrogen-bond donors (Lipinski definition) is 0. The summed E-state index contributed by atoms with van der Waals surface area (Å²) < 4.78 is 16.6. The zero-order valence-electron chi connectivity index (χ0n) is 38.9. The van der Waals surface area contributed by atoms with Crippen molar-refractivity contribution < 1.29 is 28.6 Å². The summed E-state index contributed by atoms with van der Waals surface area (Å²) in [4.78, 5) is 37.6. The molecule has 0 radical (unpaired) electrons. The summed E-state index contributed by atoms with van der Waals surface area (Å²) in [7, 11) is 0. The lowest BCUT2D eigenvalue weighted by Crippen LogP contribution is -2.30. The van der Waals surface area contributed by atoms with Crippen LogP contribution in [0.25, 0.3) is 0 Å². The molecule has 0 aromatic rings. The quantitative estimate of drug-likeness (QED) is 0.0263. The summed E-state index contributed by atoms with van der Waals surface area (Å²) in [5.41, 5.74) is 0. The Morgan fingerprint density at radius 1 is 0.350 bits per heavy atom. The number of carbonyl (C=O) groups is 3. The summed E-state index contributed by atoms with van der Waals surface area (Å²) in [5, 5.41) is 0. The molecular weight excluding hydrogens is 745 g/mol. The van der Waals surface area contributed by atoms with Crippen molar-refractivity contribution in [3.8, 4) is 0 Å². The minimum Gasteiger partial charge on any atom is -0.462 e. The Labute approximate surface area is 369 Å². The van der Waals surface area contributed by atoms with E-state index < -0.39 is 6.10 Å². The molecule has 0 aliphatic heterocycles. The summed E-state index contributed by atoms with van der Waals surface area (Å²) in [5.74, 6) is -0.938. The number of allylic oxidation sites excluding steroid dienone is 14. The van der Waals surface area contributed by atoms with Crippen molar-refractivity contribution in [2.24, 2.45) is 0 Å². The first-order valence-corrected chi connectivity index (χ1v) is 24.6. The predicted molar refractivity (Wildman–Crippen MR) is 256 cm³/mol. The molecule has 0 aliphatic carbocycles. The number of ether oxygens (including phenoxy) is 3. The molecule has 0 saturated heterocycles. The highest BCUT2D eigenvalue weighted by Crippen LogP contribution is 2.14. The summed E-state index contributed by atoms with van der Waals surface area (Å²) in [6.07, 6.45) is 61.7. The first-order chi connectivity index (χ1) is 29.5. The first-order valence-electron chi connectivity index (χ1n) is 24.6. The van der Waals surface area contributed by atoms with E-state index in [1.165, 1.54) is 70.6 Å². The van der Waals surface area contributed by atoms with Crippen LogP contribution in [0.15, 0.2) is 85.1 Å². The van der Waals surface area contributed by atoms with Crippen LogP contribution in [0, 0.1) is 0 Å². The Morgan fingerprint density at radius 3 is 1.03 bits per heavy atom. The number of esters is 3. The fraction of sp³-hybridized carbons (Fsp3) is 0.685. The number of hydrogen-bond acceptors (Lipinski definition) is 6. The van der Waals surface area contributed by atoms with Crippen LogP contribution < -0.4 is 0 Å².